The van der Waals surface area contributed by atoms with Gasteiger partial charge in [0.25, 0.3) is 0 Å². The lowest BCUT2D eigenvalue weighted by molar-refractivity contribution is 0.415. The van der Waals surface area contributed by atoms with Gasteiger partial charge in [0.15, 0.2) is 0 Å². The second kappa shape index (κ2) is 6.81. The van der Waals surface area contributed by atoms with Crippen LogP contribution in [-0.2, 0) is 12.8 Å². The highest BCUT2D eigenvalue weighted by Gasteiger charge is 2.20. The van der Waals surface area contributed by atoms with Gasteiger partial charge in [0, 0.05) is 22.5 Å². The van der Waals surface area contributed by atoms with Gasteiger partial charge < -0.3 is 4.74 Å². The minimum atomic E-state index is 0.736. The van der Waals surface area contributed by atoms with Gasteiger partial charge in [-0.25, -0.2) is 4.98 Å². The first-order valence-electron chi connectivity index (χ1n) is 8.62. The van der Waals surface area contributed by atoms with Crippen molar-refractivity contribution >= 4 is 12.2 Å². The molecule has 3 aromatic rings. The molecular formula is C21H20N2OS. The van der Waals surface area contributed by atoms with Gasteiger partial charge in [-0.05, 0) is 49.9 Å². The van der Waals surface area contributed by atoms with Crippen molar-refractivity contribution < 1.29 is 4.74 Å². The Bertz CT molecular complexity index is 963. The van der Waals surface area contributed by atoms with Crippen LogP contribution in [0.1, 0.15) is 24.1 Å². The Labute approximate surface area is 152 Å². The number of aromatic nitrogens is 2. The molecule has 1 aliphatic carbocycles. The van der Waals surface area contributed by atoms with Crippen molar-refractivity contribution in [3.8, 4) is 22.8 Å². The van der Waals surface area contributed by atoms with Crippen LogP contribution in [0.15, 0.2) is 54.6 Å². The zero-order chi connectivity index (χ0) is 17.2. The van der Waals surface area contributed by atoms with Crippen molar-refractivity contribution in [2.24, 2.45) is 0 Å². The predicted molar refractivity (Wildman–Crippen MR) is 103 cm³/mol. The van der Waals surface area contributed by atoms with E-state index in [1.54, 1.807) is 7.11 Å². The Hall–Kier alpha value is -2.46. The zero-order valence-corrected chi connectivity index (χ0v) is 15.1. The summed E-state index contributed by atoms with van der Waals surface area (Å²) in [7, 11) is 1.68. The number of para-hydroxylation sites is 1. The second-order valence-corrected chi connectivity index (χ2v) is 6.66. The number of ether oxygens (including phenoxy) is 1. The van der Waals surface area contributed by atoms with Gasteiger partial charge in [-0.3, -0.25) is 4.57 Å². The highest BCUT2D eigenvalue weighted by Crippen LogP contribution is 2.31. The van der Waals surface area contributed by atoms with E-state index in [2.05, 4.69) is 34.9 Å². The molecule has 0 bridgehead atoms. The van der Waals surface area contributed by atoms with Crippen LogP contribution < -0.4 is 4.74 Å². The third kappa shape index (κ3) is 2.98. The van der Waals surface area contributed by atoms with E-state index in [1.165, 1.54) is 24.1 Å². The number of benzene rings is 2. The molecule has 0 saturated carbocycles. The fraction of sp³-hybridized carbons (Fsp3) is 0.238. The molecule has 0 N–H and O–H groups in total. The first-order chi connectivity index (χ1) is 12.3. The smallest absolute Gasteiger partial charge is 0.146 e. The van der Waals surface area contributed by atoms with Crippen LogP contribution in [0.4, 0.5) is 0 Å². The van der Waals surface area contributed by atoms with Crippen LogP contribution in [0, 0.1) is 4.64 Å². The summed E-state index contributed by atoms with van der Waals surface area (Å²) < 4.78 is 8.41. The number of rotatable bonds is 3. The summed E-state index contributed by atoms with van der Waals surface area (Å²) >= 11 is 5.64. The number of methoxy groups -OCH3 is 1. The highest BCUT2D eigenvalue weighted by atomic mass is 32.1. The van der Waals surface area contributed by atoms with Crippen LogP contribution >= 0.6 is 12.2 Å². The maximum Gasteiger partial charge on any atom is 0.146 e. The molecule has 4 heteroatoms. The molecule has 126 valence electrons. The number of hydrogen-bond acceptors (Lipinski definition) is 3. The summed E-state index contributed by atoms with van der Waals surface area (Å²) in [5.41, 5.74) is 4.68. The number of hydrogen-bond donors (Lipinski definition) is 0. The van der Waals surface area contributed by atoms with E-state index < -0.39 is 0 Å². The molecule has 0 atom stereocenters. The molecule has 1 aromatic heterocycles. The van der Waals surface area contributed by atoms with E-state index in [4.69, 9.17) is 21.9 Å². The standard InChI is InChI=1S/C21H20N2OS/c1-24-17-11-7-8-15(14-17)20-22-21(25)18-12-5-6-13-19(18)23(20)16-9-3-2-4-10-16/h2-4,7-11,14H,5-6,12-13H2,1H3. The average molecular weight is 348 g/mol. The minimum absolute atomic E-state index is 0.736. The molecule has 0 saturated heterocycles. The zero-order valence-electron chi connectivity index (χ0n) is 14.2. The maximum atomic E-state index is 5.64. The van der Waals surface area contributed by atoms with Crippen LogP contribution in [0.25, 0.3) is 17.1 Å². The molecule has 1 aliphatic rings. The van der Waals surface area contributed by atoms with Crippen molar-refractivity contribution in [1.29, 1.82) is 0 Å². The van der Waals surface area contributed by atoms with E-state index in [-0.39, 0.29) is 0 Å². The van der Waals surface area contributed by atoms with Gasteiger partial charge in [-0.15, -0.1) is 0 Å². The first-order valence-corrected chi connectivity index (χ1v) is 9.03. The fourth-order valence-electron chi connectivity index (χ4n) is 3.52. The highest BCUT2D eigenvalue weighted by molar-refractivity contribution is 7.71. The van der Waals surface area contributed by atoms with Crippen LogP contribution in [-0.4, -0.2) is 16.7 Å². The third-order valence-corrected chi connectivity index (χ3v) is 5.07. The summed E-state index contributed by atoms with van der Waals surface area (Å²) in [5, 5.41) is 0. The Kier molecular flexibility index (Phi) is 4.36. The number of fused-ring (bicyclic) bond motifs is 1. The Morgan fingerprint density at radius 3 is 2.60 bits per heavy atom. The summed E-state index contributed by atoms with van der Waals surface area (Å²) in [5.74, 6) is 1.71. The topological polar surface area (TPSA) is 27.1 Å². The Morgan fingerprint density at radius 2 is 1.80 bits per heavy atom. The first kappa shape index (κ1) is 16.0. The fourth-order valence-corrected chi connectivity index (χ4v) is 3.83. The molecule has 0 aliphatic heterocycles. The molecular weight excluding hydrogens is 328 g/mol. The van der Waals surface area contributed by atoms with Crippen LogP contribution in [0.2, 0.25) is 0 Å². The molecule has 0 amide bonds. The summed E-state index contributed by atoms with van der Waals surface area (Å²) in [6, 6.07) is 18.4. The SMILES string of the molecule is COc1cccc(-c2nc(=S)c3c(n2-c2ccccc2)CCCC3)c1. The summed E-state index contributed by atoms with van der Waals surface area (Å²) in [4.78, 5) is 4.83. The third-order valence-electron chi connectivity index (χ3n) is 4.73. The Balaban J connectivity index is 2.03. The van der Waals surface area contributed by atoms with E-state index in [0.717, 1.165) is 40.3 Å². The minimum Gasteiger partial charge on any atom is -0.497 e. The molecule has 0 unspecified atom stereocenters. The Morgan fingerprint density at radius 1 is 1.00 bits per heavy atom. The molecule has 0 fully saturated rings. The predicted octanol–water partition coefficient (Wildman–Crippen LogP) is 5.16. The van der Waals surface area contributed by atoms with Crippen molar-refractivity contribution in [3.63, 3.8) is 0 Å². The lowest BCUT2D eigenvalue weighted by atomic mass is 9.96. The lowest BCUT2D eigenvalue weighted by Crippen LogP contribution is -2.17. The van der Waals surface area contributed by atoms with E-state index in [1.807, 2.05) is 24.3 Å². The summed E-state index contributed by atoms with van der Waals surface area (Å²) in [6.45, 7) is 0. The van der Waals surface area contributed by atoms with Crippen LogP contribution in [0.3, 0.4) is 0 Å². The van der Waals surface area contributed by atoms with Gasteiger partial charge in [0.1, 0.15) is 16.2 Å². The molecule has 1 heterocycles. The normalized spacial score (nSPS) is 13.3. The number of nitrogens with zero attached hydrogens (tertiary/aromatic N) is 2. The second-order valence-electron chi connectivity index (χ2n) is 6.28. The summed E-state index contributed by atoms with van der Waals surface area (Å²) in [6.07, 6.45) is 4.43. The lowest BCUT2D eigenvalue weighted by Gasteiger charge is -2.24. The van der Waals surface area contributed by atoms with E-state index >= 15 is 0 Å². The molecule has 3 nitrogen and oxygen atoms in total. The molecule has 0 spiro atoms. The van der Waals surface area contributed by atoms with Gasteiger partial charge in [0.05, 0.1) is 7.11 Å². The van der Waals surface area contributed by atoms with Crippen molar-refractivity contribution in [2.45, 2.75) is 25.7 Å². The van der Waals surface area contributed by atoms with Gasteiger partial charge >= 0.3 is 0 Å². The van der Waals surface area contributed by atoms with Gasteiger partial charge in [-0.2, -0.15) is 0 Å². The van der Waals surface area contributed by atoms with Gasteiger partial charge in [0.2, 0.25) is 0 Å². The van der Waals surface area contributed by atoms with Crippen molar-refractivity contribution in [1.82, 2.24) is 9.55 Å². The average Bonchev–Trinajstić information content (AvgIpc) is 2.68. The largest absolute Gasteiger partial charge is 0.497 e. The molecule has 2 aromatic carbocycles. The monoisotopic (exact) mass is 348 g/mol. The quantitative estimate of drug-likeness (QED) is 0.612. The molecule has 25 heavy (non-hydrogen) atoms. The van der Waals surface area contributed by atoms with Crippen LogP contribution in [0.5, 0.6) is 5.75 Å². The van der Waals surface area contributed by atoms with Gasteiger partial charge in [-0.1, -0.05) is 42.5 Å². The maximum absolute atomic E-state index is 5.64. The molecule has 4 rings (SSSR count). The van der Waals surface area contributed by atoms with E-state index in [0.29, 0.717) is 0 Å². The van der Waals surface area contributed by atoms with Crippen molar-refractivity contribution in [3.05, 3.63) is 70.5 Å². The van der Waals surface area contributed by atoms with Crippen molar-refractivity contribution in [2.75, 3.05) is 7.11 Å². The molecule has 0 radical (unpaired) electrons. The van der Waals surface area contributed by atoms with E-state index in [9.17, 15) is 0 Å².